The minimum absolute atomic E-state index is 0.176. The number of unbranched alkanes of at least 4 members (excludes halogenated alkanes) is 1. The van der Waals surface area contributed by atoms with E-state index in [0.717, 1.165) is 37.2 Å². The monoisotopic (exact) mass is 346 g/mol. The molecule has 0 aromatic rings. The molecule has 7 heteroatoms. The summed E-state index contributed by atoms with van der Waals surface area (Å²) in [6.07, 6.45) is 7.56. The average Bonchev–Trinajstić information content (AvgIpc) is 3.00. The number of hydrogen-bond donors (Lipinski definition) is 3. The fourth-order valence-electron chi connectivity index (χ4n) is 2.67. The molecule has 0 saturated carbocycles. The summed E-state index contributed by atoms with van der Waals surface area (Å²) >= 11 is 0. The van der Waals surface area contributed by atoms with Crippen LogP contribution < -0.4 is 16.1 Å². The first-order chi connectivity index (χ1) is 12.0. The molecule has 0 aliphatic carbocycles. The smallest absolute Gasteiger partial charge is 0.320 e. The third-order valence-electron chi connectivity index (χ3n) is 4.32. The first-order valence-electron chi connectivity index (χ1n) is 9.02. The fourth-order valence-corrected chi connectivity index (χ4v) is 2.67. The molecule has 0 aromatic heterocycles. The Morgan fingerprint density at radius 1 is 1.52 bits per heavy atom. The van der Waals surface area contributed by atoms with Crippen molar-refractivity contribution in [1.29, 1.82) is 0 Å². The number of nitrogens with one attached hydrogen (secondary N) is 3. The van der Waals surface area contributed by atoms with Crippen LogP contribution in [0.25, 0.3) is 0 Å². The van der Waals surface area contributed by atoms with Crippen LogP contribution in [0.4, 0.5) is 4.79 Å². The van der Waals surface area contributed by atoms with Crippen molar-refractivity contribution in [3.05, 3.63) is 23.2 Å². The van der Waals surface area contributed by atoms with Gasteiger partial charge in [0, 0.05) is 44.9 Å². The second kappa shape index (κ2) is 9.36. The van der Waals surface area contributed by atoms with Crippen molar-refractivity contribution in [3.8, 4) is 0 Å². The van der Waals surface area contributed by atoms with E-state index in [1.165, 1.54) is 5.57 Å². The second-order valence-corrected chi connectivity index (χ2v) is 6.60. The highest BCUT2D eigenvalue weighted by Gasteiger charge is 2.16. The molecule has 0 fully saturated rings. The normalized spacial score (nSPS) is 19.5. The minimum Gasteiger partial charge on any atom is -0.338 e. The number of carbonyl (C=O) groups is 1. The highest BCUT2D eigenvalue weighted by molar-refractivity contribution is 5.98. The van der Waals surface area contributed by atoms with Gasteiger partial charge in [0.2, 0.25) is 0 Å². The van der Waals surface area contributed by atoms with Gasteiger partial charge in [-0.1, -0.05) is 20.3 Å². The standard InChI is InChI=1S/C18H30N6O/c1-5-6-9-19-18(25)23-17-8-7-16(14(3)22-17)20-10-13(2)15-11-21-24(4)12-15/h10-11,13,21H,5-9,12H2,1-4H3,(H2,19,22,23,25). The molecular weight excluding hydrogens is 316 g/mol. The van der Waals surface area contributed by atoms with Crippen molar-refractivity contribution >= 4 is 18.1 Å². The summed E-state index contributed by atoms with van der Waals surface area (Å²) in [7, 11) is 2.02. The molecule has 2 heterocycles. The summed E-state index contributed by atoms with van der Waals surface area (Å²) in [6, 6.07) is -0.176. The minimum atomic E-state index is -0.176. The molecule has 0 aromatic carbocycles. The number of rotatable bonds is 6. The number of aliphatic imine (C=N–C) groups is 2. The maximum Gasteiger partial charge on any atom is 0.320 e. The second-order valence-electron chi connectivity index (χ2n) is 6.60. The Balaban J connectivity index is 1.89. The first-order valence-corrected chi connectivity index (χ1v) is 9.02. The van der Waals surface area contributed by atoms with E-state index in [2.05, 4.69) is 39.9 Å². The lowest BCUT2D eigenvalue weighted by Gasteiger charge is -2.16. The topological polar surface area (TPSA) is 81.1 Å². The molecule has 0 spiro atoms. The van der Waals surface area contributed by atoms with E-state index in [-0.39, 0.29) is 11.9 Å². The molecule has 2 rings (SSSR count). The van der Waals surface area contributed by atoms with E-state index in [1.54, 1.807) is 0 Å². The van der Waals surface area contributed by atoms with Crippen molar-refractivity contribution in [2.45, 2.75) is 46.5 Å². The Hall–Kier alpha value is -2.15. The molecule has 2 amide bonds. The molecule has 25 heavy (non-hydrogen) atoms. The van der Waals surface area contributed by atoms with E-state index in [4.69, 9.17) is 0 Å². The van der Waals surface area contributed by atoms with Gasteiger partial charge in [-0.2, -0.15) is 0 Å². The Kier molecular flexibility index (Phi) is 7.18. The number of likely N-dealkylation sites (N-methyl/N-ethyl adjacent to an activating group) is 1. The Morgan fingerprint density at radius 3 is 2.96 bits per heavy atom. The Labute approximate surface area is 150 Å². The zero-order valence-electron chi connectivity index (χ0n) is 15.7. The largest absolute Gasteiger partial charge is 0.338 e. The van der Waals surface area contributed by atoms with Gasteiger partial charge in [0.05, 0.1) is 11.4 Å². The predicted molar refractivity (Wildman–Crippen MR) is 102 cm³/mol. The fraction of sp³-hybridized carbons (Fsp3) is 0.611. The maximum atomic E-state index is 11.8. The average molecular weight is 346 g/mol. The summed E-state index contributed by atoms with van der Waals surface area (Å²) in [6.45, 7) is 7.78. The summed E-state index contributed by atoms with van der Waals surface area (Å²) in [5.41, 5.74) is 6.34. The Morgan fingerprint density at radius 2 is 2.32 bits per heavy atom. The molecule has 2 aliphatic rings. The molecule has 3 N–H and O–H groups in total. The van der Waals surface area contributed by atoms with Gasteiger partial charge < -0.3 is 10.7 Å². The highest BCUT2D eigenvalue weighted by atomic mass is 16.2. The van der Waals surface area contributed by atoms with Crippen LogP contribution >= 0.6 is 0 Å². The molecule has 1 unspecified atom stereocenters. The van der Waals surface area contributed by atoms with E-state index in [1.807, 2.05) is 31.4 Å². The number of amidine groups is 1. The van der Waals surface area contributed by atoms with Crippen LogP contribution in [0.2, 0.25) is 0 Å². The molecule has 0 radical (unpaired) electrons. The SMILES string of the molecule is CCCCNC(=O)NC1=NC(C)=C(N=CC(C)C2=CNN(C)C2)CC1. The van der Waals surface area contributed by atoms with Crippen LogP contribution in [0, 0.1) is 5.92 Å². The maximum absolute atomic E-state index is 11.8. The third-order valence-corrected chi connectivity index (χ3v) is 4.32. The number of amides is 2. The van der Waals surface area contributed by atoms with Crippen molar-refractivity contribution < 1.29 is 4.79 Å². The molecule has 7 nitrogen and oxygen atoms in total. The summed E-state index contributed by atoms with van der Waals surface area (Å²) in [4.78, 5) is 20.9. The van der Waals surface area contributed by atoms with Crippen LogP contribution in [-0.2, 0) is 0 Å². The van der Waals surface area contributed by atoms with Gasteiger partial charge in [-0.25, -0.2) is 14.8 Å². The summed E-state index contributed by atoms with van der Waals surface area (Å²) in [5, 5.41) is 7.71. The molecule has 0 bridgehead atoms. The van der Waals surface area contributed by atoms with Crippen LogP contribution in [0.1, 0.15) is 46.5 Å². The van der Waals surface area contributed by atoms with Crippen molar-refractivity contribution in [3.63, 3.8) is 0 Å². The number of carbonyl (C=O) groups excluding carboxylic acids is 1. The van der Waals surface area contributed by atoms with Gasteiger partial charge in [0.1, 0.15) is 5.84 Å². The summed E-state index contributed by atoms with van der Waals surface area (Å²) < 4.78 is 0. The van der Waals surface area contributed by atoms with Crippen LogP contribution in [0.5, 0.6) is 0 Å². The van der Waals surface area contributed by atoms with Gasteiger partial charge in [0.25, 0.3) is 0 Å². The highest BCUT2D eigenvalue weighted by Crippen LogP contribution is 2.20. The number of allylic oxidation sites excluding steroid dienone is 2. The van der Waals surface area contributed by atoms with E-state index in [9.17, 15) is 4.79 Å². The molecule has 2 aliphatic heterocycles. The lowest BCUT2D eigenvalue weighted by Crippen LogP contribution is -2.40. The van der Waals surface area contributed by atoms with Gasteiger partial charge in [-0.3, -0.25) is 10.3 Å². The van der Waals surface area contributed by atoms with E-state index >= 15 is 0 Å². The molecule has 1 atom stereocenters. The zero-order valence-corrected chi connectivity index (χ0v) is 15.7. The van der Waals surface area contributed by atoms with Crippen LogP contribution in [0.15, 0.2) is 33.2 Å². The third kappa shape index (κ3) is 6.01. The first kappa shape index (κ1) is 19.2. The van der Waals surface area contributed by atoms with Gasteiger partial charge in [-0.05, 0) is 25.3 Å². The van der Waals surface area contributed by atoms with Crippen LogP contribution in [0.3, 0.4) is 0 Å². The lowest BCUT2D eigenvalue weighted by atomic mass is 10.0. The molecule has 0 saturated heterocycles. The van der Waals surface area contributed by atoms with Crippen molar-refractivity contribution in [2.75, 3.05) is 20.1 Å². The molecular formula is C18H30N6O. The lowest BCUT2D eigenvalue weighted by molar-refractivity contribution is 0.245. The number of urea groups is 1. The Bertz CT molecular complexity index is 605. The van der Waals surface area contributed by atoms with Crippen molar-refractivity contribution in [1.82, 2.24) is 21.1 Å². The predicted octanol–water partition coefficient (Wildman–Crippen LogP) is 2.55. The van der Waals surface area contributed by atoms with Crippen LogP contribution in [-0.4, -0.2) is 43.2 Å². The van der Waals surface area contributed by atoms with Gasteiger partial charge >= 0.3 is 6.03 Å². The number of hydrazine groups is 1. The molecule has 138 valence electrons. The number of hydrogen-bond acceptors (Lipinski definition) is 5. The van der Waals surface area contributed by atoms with Gasteiger partial charge in [0.15, 0.2) is 0 Å². The van der Waals surface area contributed by atoms with Crippen molar-refractivity contribution in [2.24, 2.45) is 15.9 Å². The quantitative estimate of drug-likeness (QED) is 0.511. The summed E-state index contributed by atoms with van der Waals surface area (Å²) in [5.74, 6) is 0.994. The van der Waals surface area contributed by atoms with E-state index in [0.29, 0.717) is 18.8 Å². The van der Waals surface area contributed by atoms with Gasteiger partial charge in [-0.15, -0.1) is 0 Å². The zero-order chi connectivity index (χ0) is 18.2. The number of nitrogens with zero attached hydrogens (tertiary/aromatic N) is 3. The van der Waals surface area contributed by atoms with E-state index < -0.39 is 0 Å².